The van der Waals surface area contributed by atoms with E-state index >= 15 is 0 Å². The maximum Gasteiger partial charge on any atom is 0.328 e. The van der Waals surface area contributed by atoms with Gasteiger partial charge in [0, 0.05) is 18.4 Å². The number of para-hydroxylation sites is 1. The number of carboxylic acid groups (broad SMARTS) is 1. The Morgan fingerprint density at radius 1 is 1.35 bits per heavy atom. The summed E-state index contributed by atoms with van der Waals surface area (Å²) in [4.78, 5) is 22.6. The number of methoxy groups -OCH3 is 1. The van der Waals surface area contributed by atoms with Crippen molar-refractivity contribution in [1.82, 2.24) is 5.32 Å². The van der Waals surface area contributed by atoms with Gasteiger partial charge in [-0.05, 0) is 13.0 Å². The van der Waals surface area contributed by atoms with Gasteiger partial charge in [-0.25, -0.2) is 9.59 Å². The van der Waals surface area contributed by atoms with E-state index in [-0.39, 0.29) is 0 Å². The molecule has 1 aromatic rings. The quantitative estimate of drug-likeness (QED) is 0.617. The second kappa shape index (κ2) is 7.46. The van der Waals surface area contributed by atoms with Crippen LogP contribution in [0.4, 0.5) is 10.5 Å². The Kier molecular flexibility index (Phi) is 5.95. The molecule has 0 radical (unpaired) electrons. The highest BCUT2D eigenvalue weighted by atomic mass is 16.5. The van der Waals surface area contributed by atoms with Gasteiger partial charge in [0.2, 0.25) is 0 Å². The van der Waals surface area contributed by atoms with Crippen LogP contribution in [0.25, 0.3) is 0 Å². The lowest BCUT2D eigenvalue weighted by Gasteiger charge is -2.18. The average Bonchev–Trinajstić information content (AvgIpc) is 2.38. The number of aliphatic hydroxyl groups excluding tert-OH is 1. The Hall–Kier alpha value is -2.12. The smallest absolute Gasteiger partial charge is 0.328 e. The van der Waals surface area contributed by atoms with Gasteiger partial charge in [-0.15, -0.1) is 0 Å². The third kappa shape index (κ3) is 4.52. The van der Waals surface area contributed by atoms with Crippen molar-refractivity contribution in [3.8, 4) is 0 Å². The Morgan fingerprint density at radius 3 is 2.55 bits per heavy atom. The number of urea groups is 1. The van der Waals surface area contributed by atoms with E-state index in [4.69, 9.17) is 9.84 Å². The van der Waals surface area contributed by atoms with Crippen LogP contribution in [0.1, 0.15) is 12.5 Å². The van der Waals surface area contributed by atoms with E-state index in [0.717, 1.165) is 5.56 Å². The van der Waals surface area contributed by atoms with Crippen molar-refractivity contribution >= 4 is 17.7 Å². The summed E-state index contributed by atoms with van der Waals surface area (Å²) in [5, 5.41) is 22.9. The second-order valence-electron chi connectivity index (χ2n) is 4.25. The van der Waals surface area contributed by atoms with E-state index < -0.39 is 24.1 Å². The molecule has 0 aliphatic rings. The number of carboxylic acids is 1. The molecule has 0 aliphatic carbocycles. The number of ether oxygens (including phenoxy) is 1. The molecule has 0 fully saturated rings. The fourth-order valence-corrected chi connectivity index (χ4v) is 1.61. The largest absolute Gasteiger partial charge is 0.480 e. The number of carbonyl (C=O) groups excluding carboxylic acids is 1. The van der Waals surface area contributed by atoms with Crippen molar-refractivity contribution in [2.24, 2.45) is 0 Å². The van der Waals surface area contributed by atoms with Crippen LogP contribution in [0.15, 0.2) is 24.3 Å². The van der Waals surface area contributed by atoms with Gasteiger partial charge in [-0.2, -0.15) is 0 Å². The number of hydrogen-bond acceptors (Lipinski definition) is 4. The zero-order chi connectivity index (χ0) is 15.1. The van der Waals surface area contributed by atoms with Crippen LogP contribution in [0.5, 0.6) is 0 Å². The lowest BCUT2D eigenvalue weighted by atomic mass is 10.2. The number of rotatable bonds is 6. The first kappa shape index (κ1) is 15.9. The summed E-state index contributed by atoms with van der Waals surface area (Å²) in [5.41, 5.74) is 1.27. The van der Waals surface area contributed by atoms with E-state index in [9.17, 15) is 14.7 Å². The third-order valence-electron chi connectivity index (χ3n) is 2.60. The number of benzene rings is 1. The van der Waals surface area contributed by atoms with E-state index in [0.29, 0.717) is 12.3 Å². The van der Waals surface area contributed by atoms with Crippen LogP contribution < -0.4 is 10.6 Å². The van der Waals surface area contributed by atoms with Crippen molar-refractivity contribution in [3.05, 3.63) is 29.8 Å². The van der Waals surface area contributed by atoms with Crippen LogP contribution in [0.2, 0.25) is 0 Å². The van der Waals surface area contributed by atoms with Gasteiger partial charge >= 0.3 is 12.0 Å². The van der Waals surface area contributed by atoms with Gasteiger partial charge in [-0.1, -0.05) is 18.2 Å². The molecular formula is C13H18N2O5. The summed E-state index contributed by atoms with van der Waals surface area (Å²) in [6.45, 7) is 1.60. The minimum Gasteiger partial charge on any atom is -0.480 e. The predicted octanol–water partition coefficient (Wildman–Crippen LogP) is 0.788. The molecule has 0 bridgehead atoms. The Bertz CT molecular complexity index is 476. The highest BCUT2D eigenvalue weighted by molar-refractivity contribution is 5.93. The van der Waals surface area contributed by atoms with Crippen molar-refractivity contribution in [3.63, 3.8) is 0 Å². The monoisotopic (exact) mass is 282 g/mol. The maximum absolute atomic E-state index is 11.8. The van der Waals surface area contributed by atoms with Crippen LogP contribution in [-0.4, -0.2) is 41.5 Å². The number of nitrogens with one attached hydrogen (secondary N) is 2. The average molecular weight is 282 g/mol. The molecule has 0 spiro atoms. The molecule has 0 saturated carbocycles. The standard InChI is InChI=1S/C13H18N2O5/c1-8(16)11(12(17)18)15-13(19)14-10-6-4-3-5-9(10)7-20-2/h3-6,8,11,16H,7H2,1-2H3,(H,17,18)(H2,14,15,19)/t8-,11+/m1/s1. The van der Waals surface area contributed by atoms with Crippen molar-refractivity contribution < 1.29 is 24.5 Å². The fourth-order valence-electron chi connectivity index (χ4n) is 1.61. The zero-order valence-corrected chi connectivity index (χ0v) is 11.3. The normalized spacial score (nSPS) is 13.3. The molecule has 1 aromatic carbocycles. The number of hydrogen-bond donors (Lipinski definition) is 4. The minimum absolute atomic E-state index is 0.315. The van der Waals surface area contributed by atoms with Gasteiger partial charge in [0.25, 0.3) is 0 Å². The van der Waals surface area contributed by atoms with E-state index in [1.165, 1.54) is 14.0 Å². The van der Waals surface area contributed by atoms with E-state index in [1.54, 1.807) is 24.3 Å². The van der Waals surface area contributed by atoms with Crippen molar-refractivity contribution in [2.75, 3.05) is 12.4 Å². The van der Waals surface area contributed by atoms with Gasteiger partial charge in [0.1, 0.15) is 0 Å². The van der Waals surface area contributed by atoms with Crippen LogP contribution in [0.3, 0.4) is 0 Å². The summed E-state index contributed by atoms with van der Waals surface area (Å²) in [6.07, 6.45) is -1.20. The maximum atomic E-state index is 11.8. The molecule has 0 unspecified atom stereocenters. The molecule has 0 aliphatic heterocycles. The summed E-state index contributed by atoms with van der Waals surface area (Å²) in [7, 11) is 1.53. The van der Waals surface area contributed by atoms with E-state index in [1.807, 2.05) is 0 Å². The molecule has 1 rings (SSSR count). The predicted molar refractivity (Wildman–Crippen MR) is 72.4 cm³/mol. The number of aliphatic hydroxyl groups is 1. The van der Waals surface area contributed by atoms with Crippen LogP contribution in [-0.2, 0) is 16.1 Å². The van der Waals surface area contributed by atoms with Gasteiger partial charge in [-0.3, -0.25) is 0 Å². The lowest BCUT2D eigenvalue weighted by Crippen LogP contribution is -2.49. The van der Waals surface area contributed by atoms with Crippen molar-refractivity contribution in [1.29, 1.82) is 0 Å². The fraction of sp³-hybridized carbons (Fsp3) is 0.385. The molecule has 20 heavy (non-hydrogen) atoms. The molecule has 0 saturated heterocycles. The van der Waals surface area contributed by atoms with Crippen LogP contribution in [0, 0.1) is 0 Å². The minimum atomic E-state index is -1.37. The second-order valence-corrected chi connectivity index (χ2v) is 4.25. The number of amides is 2. The Morgan fingerprint density at radius 2 is 2.00 bits per heavy atom. The molecule has 110 valence electrons. The molecule has 2 amide bonds. The molecular weight excluding hydrogens is 264 g/mol. The van der Waals surface area contributed by atoms with Gasteiger partial charge < -0.3 is 25.6 Å². The molecule has 7 heteroatoms. The van der Waals surface area contributed by atoms with Crippen LogP contribution >= 0.6 is 0 Å². The molecule has 4 N–H and O–H groups in total. The number of anilines is 1. The van der Waals surface area contributed by atoms with Crippen molar-refractivity contribution in [2.45, 2.75) is 25.7 Å². The highest BCUT2D eigenvalue weighted by Crippen LogP contribution is 2.15. The summed E-state index contributed by atoms with van der Waals surface area (Å²) < 4.78 is 5.00. The Labute approximate surface area is 116 Å². The molecule has 0 heterocycles. The first-order chi connectivity index (χ1) is 9.45. The highest BCUT2D eigenvalue weighted by Gasteiger charge is 2.25. The lowest BCUT2D eigenvalue weighted by molar-refractivity contribution is -0.141. The summed E-state index contributed by atoms with van der Waals surface area (Å²) in [5.74, 6) is -1.31. The SMILES string of the molecule is COCc1ccccc1NC(=O)N[C@H](C(=O)O)[C@@H](C)O. The first-order valence-corrected chi connectivity index (χ1v) is 6.01. The molecule has 0 aromatic heterocycles. The van der Waals surface area contributed by atoms with Gasteiger partial charge in [0.05, 0.1) is 12.7 Å². The summed E-state index contributed by atoms with van der Waals surface area (Å²) >= 11 is 0. The molecule has 7 nitrogen and oxygen atoms in total. The first-order valence-electron chi connectivity index (χ1n) is 6.01. The van der Waals surface area contributed by atoms with Gasteiger partial charge in [0.15, 0.2) is 6.04 Å². The summed E-state index contributed by atoms with van der Waals surface area (Å²) in [6, 6.07) is 4.91. The number of aliphatic carboxylic acids is 1. The number of carbonyl (C=O) groups is 2. The molecule has 2 atom stereocenters. The Balaban J connectivity index is 2.73. The third-order valence-corrected chi connectivity index (χ3v) is 2.60. The topological polar surface area (TPSA) is 108 Å². The van der Waals surface area contributed by atoms with E-state index in [2.05, 4.69) is 10.6 Å². The zero-order valence-electron chi connectivity index (χ0n) is 11.3.